The van der Waals surface area contributed by atoms with Crippen LogP contribution < -0.4 is 4.74 Å². The molecule has 1 unspecified atom stereocenters. The number of likely N-dealkylation sites (tertiary alicyclic amines) is 1. The van der Waals surface area contributed by atoms with Gasteiger partial charge in [0.2, 0.25) is 0 Å². The Bertz CT molecular complexity index is 555. The van der Waals surface area contributed by atoms with E-state index < -0.39 is 6.10 Å². The first-order valence-electron chi connectivity index (χ1n) is 8.53. The van der Waals surface area contributed by atoms with E-state index in [9.17, 15) is 9.90 Å². The van der Waals surface area contributed by atoms with Crippen molar-refractivity contribution in [2.24, 2.45) is 0 Å². The van der Waals surface area contributed by atoms with Crippen molar-refractivity contribution in [3.05, 3.63) is 29.8 Å². The number of benzene rings is 1. The Hall–Kier alpha value is -1.63. The Kier molecular flexibility index (Phi) is 5.38. The van der Waals surface area contributed by atoms with Crippen LogP contribution in [-0.4, -0.2) is 79.5 Å². The summed E-state index contributed by atoms with van der Waals surface area (Å²) in [5.74, 6) is 0.693. The molecule has 0 saturated carbocycles. The lowest BCUT2D eigenvalue weighted by atomic mass is 10.2. The number of likely N-dealkylation sites (N-methyl/N-ethyl adjacent to an activating group) is 1. The second kappa shape index (κ2) is 7.51. The smallest absolute Gasteiger partial charge is 0.254 e. The summed E-state index contributed by atoms with van der Waals surface area (Å²) < 4.78 is 11.2. The molecule has 0 bridgehead atoms. The first-order chi connectivity index (χ1) is 11.5. The average molecular weight is 334 g/mol. The molecule has 0 aliphatic carbocycles. The first kappa shape index (κ1) is 17.2. The van der Waals surface area contributed by atoms with Crippen molar-refractivity contribution in [2.45, 2.75) is 31.1 Å². The van der Waals surface area contributed by atoms with Gasteiger partial charge in [-0.1, -0.05) is 0 Å². The van der Waals surface area contributed by atoms with E-state index in [1.807, 2.05) is 31.1 Å². The van der Waals surface area contributed by atoms with Crippen LogP contribution in [0.4, 0.5) is 0 Å². The third kappa shape index (κ3) is 3.88. The van der Waals surface area contributed by atoms with Crippen LogP contribution in [0.5, 0.6) is 5.75 Å². The molecule has 3 atom stereocenters. The van der Waals surface area contributed by atoms with Gasteiger partial charge in [-0.25, -0.2) is 0 Å². The minimum atomic E-state index is -0.502. The first-order valence-corrected chi connectivity index (χ1v) is 8.53. The predicted octanol–water partition coefficient (Wildman–Crippen LogP) is 0.991. The zero-order chi connectivity index (χ0) is 17.1. The van der Waals surface area contributed by atoms with Crippen LogP contribution in [-0.2, 0) is 4.74 Å². The molecule has 0 radical (unpaired) electrons. The van der Waals surface area contributed by atoms with Gasteiger partial charge in [0.05, 0.1) is 18.2 Å². The van der Waals surface area contributed by atoms with E-state index in [0.717, 1.165) is 25.2 Å². The number of nitrogens with zero attached hydrogens (tertiary/aromatic N) is 2. The van der Waals surface area contributed by atoms with Gasteiger partial charge in [0.25, 0.3) is 5.91 Å². The number of carbonyl (C=O) groups excluding carboxylic acids is 1. The van der Waals surface area contributed by atoms with Gasteiger partial charge in [-0.05, 0) is 51.2 Å². The summed E-state index contributed by atoms with van der Waals surface area (Å²) in [4.78, 5) is 16.2. The largest absolute Gasteiger partial charge is 0.491 e. The van der Waals surface area contributed by atoms with Gasteiger partial charge < -0.3 is 24.4 Å². The van der Waals surface area contributed by atoms with Crippen molar-refractivity contribution >= 4 is 5.91 Å². The molecular formula is C18H26N2O4. The number of β-amino-alcohol motifs (C(OH)–C–C–N with tert-alkyl or cyclic N) is 1. The molecule has 2 aliphatic heterocycles. The van der Waals surface area contributed by atoms with Crippen LogP contribution in [0.3, 0.4) is 0 Å². The highest BCUT2D eigenvalue weighted by atomic mass is 16.5. The number of carbonyl (C=O) groups is 1. The number of aliphatic hydroxyl groups is 1. The quantitative estimate of drug-likeness (QED) is 0.870. The predicted molar refractivity (Wildman–Crippen MR) is 90.3 cm³/mol. The zero-order valence-corrected chi connectivity index (χ0v) is 14.4. The minimum Gasteiger partial charge on any atom is -0.491 e. The molecule has 132 valence electrons. The molecule has 2 fully saturated rings. The Morgan fingerprint density at radius 2 is 2.08 bits per heavy atom. The Labute approximate surface area is 143 Å². The summed E-state index contributed by atoms with van der Waals surface area (Å²) in [6.45, 7) is 2.29. The summed E-state index contributed by atoms with van der Waals surface area (Å²) in [6.07, 6.45) is 1.82. The molecule has 1 N–H and O–H groups in total. The van der Waals surface area contributed by atoms with E-state index in [1.54, 1.807) is 17.0 Å². The summed E-state index contributed by atoms with van der Waals surface area (Å²) >= 11 is 0. The highest BCUT2D eigenvalue weighted by Crippen LogP contribution is 2.20. The van der Waals surface area contributed by atoms with Gasteiger partial charge in [-0.3, -0.25) is 4.79 Å². The maximum Gasteiger partial charge on any atom is 0.254 e. The molecule has 2 aliphatic rings. The van der Waals surface area contributed by atoms with Gasteiger partial charge in [0.15, 0.2) is 0 Å². The van der Waals surface area contributed by atoms with Gasteiger partial charge in [-0.2, -0.15) is 0 Å². The number of aliphatic hydroxyl groups excluding tert-OH is 1. The number of rotatable bonds is 5. The molecule has 6 heteroatoms. The standard InChI is InChI=1S/C18H26N2O4/c1-19(2)16-10-20(11-17(16)21)18(22)13-5-7-14(8-6-13)24-12-15-4-3-9-23-15/h5-8,15-17,21H,3-4,9-12H2,1-2H3/t15?,16-,17-/m0/s1. The number of hydrogen-bond donors (Lipinski definition) is 1. The normalized spacial score (nSPS) is 27.0. The van der Waals surface area contributed by atoms with Crippen molar-refractivity contribution in [1.29, 1.82) is 0 Å². The Balaban J connectivity index is 1.56. The number of ether oxygens (including phenoxy) is 2. The fourth-order valence-corrected chi connectivity index (χ4v) is 3.28. The van der Waals surface area contributed by atoms with Crippen LogP contribution >= 0.6 is 0 Å². The van der Waals surface area contributed by atoms with Crippen molar-refractivity contribution in [1.82, 2.24) is 9.80 Å². The zero-order valence-electron chi connectivity index (χ0n) is 14.4. The van der Waals surface area contributed by atoms with Crippen LogP contribution in [0.25, 0.3) is 0 Å². The molecule has 1 amide bonds. The highest BCUT2D eigenvalue weighted by Gasteiger charge is 2.35. The fourth-order valence-electron chi connectivity index (χ4n) is 3.28. The topological polar surface area (TPSA) is 62.2 Å². The van der Waals surface area contributed by atoms with Crippen molar-refractivity contribution in [2.75, 3.05) is 40.4 Å². The van der Waals surface area contributed by atoms with Crippen LogP contribution in [0.1, 0.15) is 23.2 Å². The lowest BCUT2D eigenvalue weighted by Gasteiger charge is -2.21. The lowest BCUT2D eigenvalue weighted by Crippen LogP contribution is -2.38. The summed E-state index contributed by atoms with van der Waals surface area (Å²) in [6, 6.07) is 7.18. The molecular weight excluding hydrogens is 308 g/mol. The summed E-state index contributed by atoms with van der Waals surface area (Å²) in [7, 11) is 3.84. The van der Waals surface area contributed by atoms with Crippen LogP contribution in [0.15, 0.2) is 24.3 Å². The second-order valence-electron chi connectivity index (χ2n) is 6.78. The third-order valence-corrected chi connectivity index (χ3v) is 4.77. The van der Waals surface area contributed by atoms with Crippen LogP contribution in [0.2, 0.25) is 0 Å². The number of hydrogen-bond acceptors (Lipinski definition) is 5. The molecule has 0 aromatic heterocycles. The molecule has 2 saturated heterocycles. The van der Waals surface area contributed by atoms with E-state index in [2.05, 4.69) is 0 Å². The molecule has 1 aromatic rings. The average Bonchev–Trinajstić information content (AvgIpc) is 3.22. The van der Waals surface area contributed by atoms with Crippen molar-refractivity contribution in [3.63, 3.8) is 0 Å². The lowest BCUT2D eigenvalue weighted by molar-refractivity contribution is 0.0679. The van der Waals surface area contributed by atoms with E-state index in [0.29, 0.717) is 25.3 Å². The van der Waals surface area contributed by atoms with Crippen molar-refractivity contribution in [3.8, 4) is 5.75 Å². The van der Waals surface area contributed by atoms with Gasteiger partial charge in [0.1, 0.15) is 12.4 Å². The summed E-state index contributed by atoms with van der Waals surface area (Å²) in [5.41, 5.74) is 0.617. The summed E-state index contributed by atoms with van der Waals surface area (Å²) in [5, 5.41) is 10.1. The van der Waals surface area contributed by atoms with Crippen LogP contribution in [0, 0.1) is 0 Å². The van der Waals surface area contributed by atoms with E-state index in [4.69, 9.17) is 9.47 Å². The second-order valence-corrected chi connectivity index (χ2v) is 6.78. The third-order valence-electron chi connectivity index (χ3n) is 4.77. The maximum absolute atomic E-state index is 12.6. The molecule has 1 aromatic carbocycles. The molecule has 3 rings (SSSR count). The molecule has 0 spiro atoms. The fraction of sp³-hybridized carbons (Fsp3) is 0.611. The molecule has 6 nitrogen and oxygen atoms in total. The Morgan fingerprint density at radius 1 is 1.33 bits per heavy atom. The SMILES string of the molecule is CN(C)[C@H]1CN(C(=O)c2ccc(OCC3CCCO3)cc2)C[C@@H]1O. The molecule has 2 heterocycles. The van der Waals surface area contributed by atoms with E-state index in [1.165, 1.54) is 0 Å². The van der Waals surface area contributed by atoms with Gasteiger partial charge in [0, 0.05) is 25.3 Å². The van der Waals surface area contributed by atoms with E-state index in [-0.39, 0.29) is 18.1 Å². The minimum absolute atomic E-state index is 0.0111. The molecule has 24 heavy (non-hydrogen) atoms. The Morgan fingerprint density at radius 3 is 2.67 bits per heavy atom. The monoisotopic (exact) mass is 334 g/mol. The van der Waals surface area contributed by atoms with Gasteiger partial charge in [-0.15, -0.1) is 0 Å². The number of amides is 1. The van der Waals surface area contributed by atoms with E-state index >= 15 is 0 Å². The maximum atomic E-state index is 12.6. The van der Waals surface area contributed by atoms with Gasteiger partial charge >= 0.3 is 0 Å². The highest BCUT2D eigenvalue weighted by molar-refractivity contribution is 5.94. The van der Waals surface area contributed by atoms with Crippen molar-refractivity contribution < 1.29 is 19.4 Å².